The van der Waals surface area contributed by atoms with Crippen LogP contribution >= 0.6 is 0 Å². The molecule has 2 aromatic carbocycles. The topological polar surface area (TPSA) is 94.2 Å². The molecule has 8 nitrogen and oxygen atoms in total. The minimum atomic E-state index is -3.68. The molecule has 0 spiro atoms. The van der Waals surface area contributed by atoms with Crippen LogP contribution in [0.25, 0.3) is 0 Å². The quantitative estimate of drug-likeness (QED) is 0.720. The van der Waals surface area contributed by atoms with Crippen LogP contribution in [0.2, 0.25) is 0 Å². The van der Waals surface area contributed by atoms with Crippen LogP contribution in [-0.4, -0.2) is 40.5 Å². The molecule has 1 amide bonds. The lowest BCUT2D eigenvalue weighted by Gasteiger charge is -2.22. The van der Waals surface area contributed by atoms with Crippen LogP contribution in [-0.2, 0) is 21.4 Å². The molecular weight excluding hydrogens is 384 g/mol. The lowest BCUT2D eigenvalue weighted by atomic mass is 10.2. The largest absolute Gasteiger partial charge is 0.494 e. The molecule has 0 fully saturated rings. The molecule has 3 rings (SSSR count). The van der Waals surface area contributed by atoms with E-state index in [4.69, 9.17) is 14.2 Å². The number of nitrogens with zero attached hydrogens (tertiary/aromatic N) is 1. The number of para-hydroxylation sites is 1. The van der Waals surface area contributed by atoms with E-state index in [9.17, 15) is 13.2 Å². The minimum Gasteiger partial charge on any atom is -0.494 e. The number of benzene rings is 2. The van der Waals surface area contributed by atoms with Crippen LogP contribution < -0.4 is 23.8 Å². The molecule has 0 atom stereocenters. The van der Waals surface area contributed by atoms with Crippen molar-refractivity contribution in [3.63, 3.8) is 0 Å². The number of carbonyl (C=O) groups is 1. The van der Waals surface area contributed by atoms with Crippen LogP contribution in [0.5, 0.6) is 17.2 Å². The summed E-state index contributed by atoms with van der Waals surface area (Å²) < 4.78 is 41.6. The molecule has 1 aliphatic rings. The van der Waals surface area contributed by atoms with Crippen molar-refractivity contribution in [3.05, 3.63) is 48.0 Å². The summed E-state index contributed by atoms with van der Waals surface area (Å²) in [7, 11) is -3.68. The second-order valence-corrected chi connectivity index (χ2v) is 8.03. The first-order valence-corrected chi connectivity index (χ1v) is 10.6. The molecule has 0 radical (unpaired) electrons. The van der Waals surface area contributed by atoms with Crippen LogP contribution in [0.3, 0.4) is 0 Å². The fourth-order valence-electron chi connectivity index (χ4n) is 2.77. The summed E-state index contributed by atoms with van der Waals surface area (Å²) in [6.45, 7) is 2.35. The average molecular weight is 406 g/mol. The Morgan fingerprint density at radius 3 is 2.68 bits per heavy atom. The summed E-state index contributed by atoms with van der Waals surface area (Å²) in [5.74, 6) is 1.22. The van der Waals surface area contributed by atoms with E-state index in [0.29, 0.717) is 29.5 Å². The molecule has 0 bridgehead atoms. The van der Waals surface area contributed by atoms with Gasteiger partial charge in [-0.3, -0.25) is 9.10 Å². The summed E-state index contributed by atoms with van der Waals surface area (Å²) in [6.07, 6.45) is 1.05. The summed E-state index contributed by atoms with van der Waals surface area (Å²) >= 11 is 0. The Hall–Kier alpha value is -2.94. The van der Waals surface area contributed by atoms with E-state index < -0.39 is 15.9 Å². The third-order valence-electron chi connectivity index (χ3n) is 4.08. The summed E-state index contributed by atoms with van der Waals surface area (Å²) in [5.41, 5.74) is 1.14. The molecular formula is C19H22N2O6S. The molecule has 1 heterocycles. The number of rotatable bonds is 8. The Morgan fingerprint density at radius 2 is 1.93 bits per heavy atom. The van der Waals surface area contributed by atoms with E-state index in [-0.39, 0.29) is 19.9 Å². The predicted molar refractivity (Wildman–Crippen MR) is 104 cm³/mol. The molecule has 0 unspecified atom stereocenters. The lowest BCUT2D eigenvalue weighted by molar-refractivity contribution is -0.119. The fraction of sp³-hybridized carbons (Fsp3) is 0.316. The first-order chi connectivity index (χ1) is 13.4. The highest BCUT2D eigenvalue weighted by Gasteiger charge is 2.23. The van der Waals surface area contributed by atoms with Gasteiger partial charge in [-0.05, 0) is 25.1 Å². The van der Waals surface area contributed by atoms with Crippen molar-refractivity contribution in [2.45, 2.75) is 13.5 Å². The third-order valence-corrected chi connectivity index (χ3v) is 5.22. The van der Waals surface area contributed by atoms with E-state index in [1.165, 1.54) is 0 Å². The molecule has 9 heteroatoms. The van der Waals surface area contributed by atoms with E-state index >= 15 is 0 Å². The smallest absolute Gasteiger partial charge is 0.241 e. The third kappa shape index (κ3) is 4.66. The first-order valence-electron chi connectivity index (χ1n) is 8.73. The maximum absolute atomic E-state index is 12.4. The molecule has 28 heavy (non-hydrogen) atoms. The summed E-state index contributed by atoms with van der Waals surface area (Å²) in [6, 6.07) is 12.1. The number of anilines is 1. The zero-order valence-electron chi connectivity index (χ0n) is 15.7. The van der Waals surface area contributed by atoms with Gasteiger partial charge in [0.1, 0.15) is 12.3 Å². The maximum atomic E-state index is 12.4. The van der Waals surface area contributed by atoms with Gasteiger partial charge in [-0.25, -0.2) is 8.42 Å². The molecule has 1 N–H and O–H groups in total. The van der Waals surface area contributed by atoms with Gasteiger partial charge < -0.3 is 19.5 Å². The first kappa shape index (κ1) is 19.8. The van der Waals surface area contributed by atoms with Crippen molar-refractivity contribution < 1.29 is 27.4 Å². The summed E-state index contributed by atoms with van der Waals surface area (Å²) in [4.78, 5) is 12.4. The molecule has 1 aliphatic heterocycles. The van der Waals surface area contributed by atoms with Crippen molar-refractivity contribution in [2.24, 2.45) is 0 Å². The van der Waals surface area contributed by atoms with Gasteiger partial charge in [-0.15, -0.1) is 0 Å². The normalized spacial score (nSPS) is 12.5. The van der Waals surface area contributed by atoms with Crippen molar-refractivity contribution in [1.29, 1.82) is 0 Å². The number of fused-ring (bicyclic) bond motifs is 1. The second-order valence-electron chi connectivity index (χ2n) is 6.12. The second kappa shape index (κ2) is 8.39. The number of sulfonamides is 1. The van der Waals surface area contributed by atoms with Gasteiger partial charge in [0.15, 0.2) is 11.5 Å². The number of hydrogen-bond donors (Lipinski definition) is 1. The predicted octanol–water partition coefficient (Wildman–Crippen LogP) is 1.90. The molecule has 150 valence electrons. The maximum Gasteiger partial charge on any atom is 0.241 e. The van der Waals surface area contributed by atoms with Crippen molar-refractivity contribution >= 4 is 21.6 Å². The zero-order valence-corrected chi connectivity index (χ0v) is 16.5. The van der Waals surface area contributed by atoms with Gasteiger partial charge in [-0.2, -0.15) is 0 Å². The molecule has 0 aromatic heterocycles. The van der Waals surface area contributed by atoms with Gasteiger partial charge >= 0.3 is 0 Å². The van der Waals surface area contributed by atoms with Crippen molar-refractivity contribution in [1.82, 2.24) is 5.32 Å². The summed E-state index contributed by atoms with van der Waals surface area (Å²) in [5, 5.41) is 2.74. The Balaban J connectivity index is 1.71. The monoisotopic (exact) mass is 406 g/mol. The van der Waals surface area contributed by atoms with Gasteiger partial charge in [0, 0.05) is 18.2 Å². The molecule has 0 saturated heterocycles. The minimum absolute atomic E-state index is 0.0807. The Kier molecular flexibility index (Phi) is 5.93. The zero-order chi connectivity index (χ0) is 20.1. The van der Waals surface area contributed by atoms with Crippen LogP contribution in [0.15, 0.2) is 42.5 Å². The number of nitrogens with one attached hydrogen (secondary N) is 1. The Morgan fingerprint density at radius 1 is 1.18 bits per heavy atom. The molecule has 2 aromatic rings. The van der Waals surface area contributed by atoms with Crippen LogP contribution in [0.4, 0.5) is 5.69 Å². The molecule has 0 saturated carbocycles. The average Bonchev–Trinajstić information content (AvgIpc) is 3.12. The Labute approximate surface area is 164 Å². The highest BCUT2D eigenvalue weighted by atomic mass is 32.2. The van der Waals surface area contributed by atoms with Crippen LogP contribution in [0.1, 0.15) is 12.5 Å². The van der Waals surface area contributed by atoms with E-state index in [2.05, 4.69) is 5.32 Å². The molecule has 0 aliphatic carbocycles. The lowest BCUT2D eigenvalue weighted by Crippen LogP contribution is -2.40. The van der Waals surface area contributed by atoms with Crippen molar-refractivity contribution in [2.75, 3.05) is 30.5 Å². The van der Waals surface area contributed by atoms with E-state index in [1.54, 1.807) is 18.2 Å². The number of hydrogen-bond acceptors (Lipinski definition) is 6. The van der Waals surface area contributed by atoms with Gasteiger partial charge in [-0.1, -0.05) is 18.2 Å². The van der Waals surface area contributed by atoms with Crippen LogP contribution in [0, 0.1) is 0 Å². The van der Waals surface area contributed by atoms with Crippen molar-refractivity contribution in [3.8, 4) is 17.2 Å². The van der Waals surface area contributed by atoms with E-state index in [1.807, 2.05) is 31.2 Å². The van der Waals surface area contributed by atoms with Gasteiger partial charge in [0.05, 0.1) is 18.6 Å². The highest BCUT2D eigenvalue weighted by molar-refractivity contribution is 7.92. The SMILES string of the molecule is CCOc1ccccc1CNC(=O)CN(c1ccc2c(c1)OCO2)S(C)(=O)=O. The Bertz CT molecular complexity index is 961. The number of amides is 1. The van der Waals surface area contributed by atoms with Gasteiger partial charge in [0.25, 0.3) is 0 Å². The van der Waals surface area contributed by atoms with Gasteiger partial charge in [0.2, 0.25) is 22.7 Å². The fourth-order valence-corrected chi connectivity index (χ4v) is 3.61. The number of ether oxygens (including phenoxy) is 3. The standard InChI is InChI=1S/C19H22N2O6S/c1-3-25-16-7-5-4-6-14(16)11-20-19(22)12-21(28(2,23)24)15-8-9-17-18(10-15)27-13-26-17/h4-10H,3,11-13H2,1-2H3,(H,20,22). The highest BCUT2D eigenvalue weighted by Crippen LogP contribution is 2.36. The number of carbonyl (C=O) groups excluding carboxylic acids is 1. The van der Waals surface area contributed by atoms with E-state index in [0.717, 1.165) is 16.1 Å².